The average Bonchev–Trinajstić information content (AvgIpc) is 2.28. The molecule has 0 saturated carbocycles. The quantitative estimate of drug-likeness (QED) is 0.462. The molecule has 2 unspecified atom stereocenters. The molecule has 0 aromatic heterocycles. The van der Waals surface area contributed by atoms with Crippen LogP contribution in [0.5, 0.6) is 0 Å². The summed E-state index contributed by atoms with van der Waals surface area (Å²) in [5, 5.41) is 0. The van der Waals surface area contributed by atoms with Crippen LogP contribution in [-0.2, 0) is 0 Å². The molecule has 0 heterocycles. The largest absolute Gasteiger partial charge is 0.328 e. The summed E-state index contributed by atoms with van der Waals surface area (Å²) in [6.07, 6.45) is 14.9. The minimum Gasteiger partial charge on any atom is -0.328 e. The van der Waals surface area contributed by atoms with Crippen LogP contribution in [0.1, 0.15) is 91.4 Å². The number of hydrogen-bond acceptors (Lipinski definition) is 1. The molecule has 0 spiro atoms. The molecular weight excluding hydrogens is 206 g/mol. The summed E-state index contributed by atoms with van der Waals surface area (Å²) in [6.45, 7) is 6.88. The predicted molar refractivity (Wildman–Crippen MR) is 79.3 cm³/mol. The molecule has 0 rings (SSSR count). The first-order valence-corrected chi connectivity index (χ1v) is 7.96. The van der Waals surface area contributed by atoms with Crippen LogP contribution in [0.2, 0.25) is 0 Å². The molecule has 0 saturated heterocycles. The molecule has 2 N–H and O–H groups in total. The highest BCUT2D eigenvalue weighted by Crippen LogP contribution is 2.15. The van der Waals surface area contributed by atoms with Crippen molar-refractivity contribution in [3.63, 3.8) is 0 Å². The third-order valence-electron chi connectivity index (χ3n) is 3.67. The van der Waals surface area contributed by atoms with Crippen LogP contribution in [0.15, 0.2) is 0 Å². The minimum atomic E-state index is 0.451. The lowest BCUT2D eigenvalue weighted by Crippen LogP contribution is -2.22. The van der Waals surface area contributed by atoms with E-state index >= 15 is 0 Å². The topological polar surface area (TPSA) is 26.0 Å². The maximum absolute atomic E-state index is 6.17. The van der Waals surface area contributed by atoms with Crippen molar-refractivity contribution in [2.24, 2.45) is 11.7 Å². The smallest absolute Gasteiger partial charge is 0.00413 e. The molecule has 0 fully saturated rings. The third kappa shape index (κ3) is 12.2. The number of hydrogen-bond donors (Lipinski definition) is 1. The van der Waals surface area contributed by atoms with Crippen molar-refractivity contribution < 1.29 is 0 Å². The van der Waals surface area contributed by atoms with Crippen LogP contribution in [0.4, 0.5) is 0 Å². The highest BCUT2D eigenvalue weighted by Gasteiger charge is 2.07. The van der Waals surface area contributed by atoms with E-state index in [9.17, 15) is 0 Å². The van der Waals surface area contributed by atoms with Crippen molar-refractivity contribution in [3.8, 4) is 0 Å². The van der Waals surface area contributed by atoms with Gasteiger partial charge in [0.1, 0.15) is 0 Å². The van der Waals surface area contributed by atoms with Crippen LogP contribution in [0, 0.1) is 5.92 Å². The summed E-state index contributed by atoms with van der Waals surface area (Å²) in [5.74, 6) is 0.819. The average molecular weight is 241 g/mol. The Hall–Kier alpha value is -0.0400. The Morgan fingerprint density at radius 3 is 1.94 bits per heavy atom. The van der Waals surface area contributed by atoms with Crippen molar-refractivity contribution in [1.29, 1.82) is 0 Å². The van der Waals surface area contributed by atoms with E-state index < -0.39 is 0 Å². The monoisotopic (exact) mass is 241 g/mol. The molecule has 0 aromatic carbocycles. The Balaban J connectivity index is 3.24. The maximum Gasteiger partial charge on any atom is 0.00413 e. The van der Waals surface area contributed by atoms with E-state index in [-0.39, 0.29) is 0 Å². The second-order valence-corrected chi connectivity index (χ2v) is 5.80. The molecular formula is C16H35N. The standard InChI is InChI=1S/C16H35N/c1-4-6-7-8-9-10-11-13-16(17)14-15(3)12-5-2/h15-16H,4-14,17H2,1-3H3. The number of unbranched alkanes of at least 4 members (excludes halogenated alkanes) is 6. The zero-order valence-corrected chi connectivity index (χ0v) is 12.5. The molecule has 0 aliphatic rings. The van der Waals surface area contributed by atoms with E-state index in [2.05, 4.69) is 20.8 Å². The van der Waals surface area contributed by atoms with E-state index in [0.717, 1.165) is 5.92 Å². The van der Waals surface area contributed by atoms with Gasteiger partial charge in [-0.1, -0.05) is 78.6 Å². The van der Waals surface area contributed by atoms with Crippen LogP contribution in [0.3, 0.4) is 0 Å². The molecule has 17 heavy (non-hydrogen) atoms. The third-order valence-corrected chi connectivity index (χ3v) is 3.67. The van der Waals surface area contributed by atoms with Gasteiger partial charge in [0.2, 0.25) is 0 Å². The lowest BCUT2D eigenvalue weighted by Gasteiger charge is -2.16. The van der Waals surface area contributed by atoms with E-state index in [1.54, 1.807) is 0 Å². The molecule has 0 aliphatic heterocycles. The lowest BCUT2D eigenvalue weighted by molar-refractivity contribution is 0.408. The molecule has 0 aromatic rings. The summed E-state index contributed by atoms with van der Waals surface area (Å²) < 4.78 is 0. The lowest BCUT2D eigenvalue weighted by atomic mass is 9.94. The Morgan fingerprint density at radius 1 is 0.765 bits per heavy atom. The van der Waals surface area contributed by atoms with Gasteiger partial charge in [-0.25, -0.2) is 0 Å². The van der Waals surface area contributed by atoms with Crippen molar-refractivity contribution in [2.75, 3.05) is 0 Å². The fourth-order valence-electron chi connectivity index (χ4n) is 2.61. The first kappa shape index (κ1) is 17.0. The SMILES string of the molecule is CCCCCCCCCC(N)CC(C)CCC. The Kier molecular flexibility index (Phi) is 12.4. The van der Waals surface area contributed by atoms with Crippen molar-refractivity contribution in [3.05, 3.63) is 0 Å². The zero-order chi connectivity index (χ0) is 12.9. The van der Waals surface area contributed by atoms with E-state index in [1.807, 2.05) is 0 Å². The van der Waals surface area contributed by atoms with Gasteiger partial charge in [0.15, 0.2) is 0 Å². The number of nitrogens with two attached hydrogens (primary N) is 1. The van der Waals surface area contributed by atoms with Crippen LogP contribution < -0.4 is 5.73 Å². The van der Waals surface area contributed by atoms with Crippen molar-refractivity contribution >= 4 is 0 Å². The predicted octanol–water partition coefficient (Wildman–Crippen LogP) is 5.28. The molecule has 2 atom stereocenters. The maximum atomic E-state index is 6.17. The summed E-state index contributed by atoms with van der Waals surface area (Å²) >= 11 is 0. The molecule has 0 aliphatic carbocycles. The Labute approximate surface area is 110 Å². The molecule has 104 valence electrons. The summed E-state index contributed by atoms with van der Waals surface area (Å²) in [5.41, 5.74) is 6.17. The van der Waals surface area contributed by atoms with E-state index in [4.69, 9.17) is 5.73 Å². The van der Waals surface area contributed by atoms with E-state index in [1.165, 1.54) is 70.6 Å². The van der Waals surface area contributed by atoms with Crippen LogP contribution >= 0.6 is 0 Å². The van der Waals surface area contributed by atoms with Gasteiger partial charge in [0.25, 0.3) is 0 Å². The summed E-state index contributed by atoms with van der Waals surface area (Å²) in [4.78, 5) is 0. The van der Waals surface area contributed by atoms with Gasteiger partial charge in [-0.05, 0) is 18.8 Å². The zero-order valence-electron chi connectivity index (χ0n) is 12.5. The van der Waals surface area contributed by atoms with Gasteiger partial charge in [-0.15, -0.1) is 0 Å². The first-order valence-electron chi connectivity index (χ1n) is 7.96. The molecule has 1 nitrogen and oxygen atoms in total. The molecule has 0 bridgehead atoms. The number of rotatable bonds is 12. The fraction of sp³-hybridized carbons (Fsp3) is 1.00. The van der Waals surface area contributed by atoms with Gasteiger partial charge in [0.05, 0.1) is 0 Å². The fourth-order valence-corrected chi connectivity index (χ4v) is 2.61. The minimum absolute atomic E-state index is 0.451. The Bertz CT molecular complexity index is 144. The van der Waals surface area contributed by atoms with Crippen LogP contribution in [-0.4, -0.2) is 6.04 Å². The van der Waals surface area contributed by atoms with E-state index in [0.29, 0.717) is 6.04 Å². The highest BCUT2D eigenvalue weighted by atomic mass is 14.6. The van der Waals surface area contributed by atoms with Gasteiger partial charge < -0.3 is 5.73 Å². The van der Waals surface area contributed by atoms with Gasteiger partial charge in [-0.2, -0.15) is 0 Å². The van der Waals surface area contributed by atoms with Gasteiger partial charge in [-0.3, -0.25) is 0 Å². The highest BCUT2D eigenvalue weighted by molar-refractivity contribution is 4.65. The second kappa shape index (κ2) is 12.4. The van der Waals surface area contributed by atoms with Crippen LogP contribution in [0.25, 0.3) is 0 Å². The second-order valence-electron chi connectivity index (χ2n) is 5.80. The van der Waals surface area contributed by atoms with Crippen molar-refractivity contribution in [1.82, 2.24) is 0 Å². The van der Waals surface area contributed by atoms with Gasteiger partial charge in [0, 0.05) is 6.04 Å². The van der Waals surface area contributed by atoms with Crippen molar-refractivity contribution in [2.45, 2.75) is 97.4 Å². The Morgan fingerprint density at radius 2 is 1.35 bits per heavy atom. The first-order chi connectivity index (χ1) is 8.20. The molecule has 0 amide bonds. The normalized spacial score (nSPS) is 14.8. The molecule has 0 radical (unpaired) electrons. The molecule has 1 heteroatoms. The van der Waals surface area contributed by atoms with Gasteiger partial charge >= 0.3 is 0 Å². The summed E-state index contributed by atoms with van der Waals surface area (Å²) in [6, 6.07) is 0.451. The summed E-state index contributed by atoms with van der Waals surface area (Å²) in [7, 11) is 0.